The van der Waals surface area contributed by atoms with Gasteiger partial charge in [0, 0.05) is 6.54 Å². The maximum atomic E-state index is 12.9. The standard InChI is InChI=1S/C14H23FN2/c1-3-17(4-2)10-6-9-16-12-13-7-5-8-14(15)11-13/h5,7-8,11,16H,3-4,6,9-10,12H2,1-2H3. The zero-order valence-corrected chi connectivity index (χ0v) is 10.9. The molecule has 0 aliphatic carbocycles. The van der Waals surface area contributed by atoms with Crippen LogP contribution in [0.3, 0.4) is 0 Å². The fourth-order valence-corrected chi connectivity index (χ4v) is 1.85. The van der Waals surface area contributed by atoms with Crippen molar-refractivity contribution in [2.45, 2.75) is 26.8 Å². The Labute approximate surface area is 104 Å². The van der Waals surface area contributed by atoms with E-state index in [0.29, 0.717) is 0 Å². The molecule has 1 rings (SSSR count). The van der Waals surface area contributed by atoms with Crippen LogP contribution in [-0.4, -0.2) is 31.1 Å². The summed E-state index contributed by atoms with van der Waals surface area (Å²) in [6.07, 6.45) is 1.14. The van der Waals surface area contributed by atoms with E-state index in [1.54, 1.807) is 12.1 Å². The van der Waals surface area contributed by atoms with Gasteiger partial charge in [-0.1, -0.05) is 26.0 Å². The maximum Gasteiger partial charge on any atom is 0.123 e. The Kier molecular flexibility index (Phi) is 6.82. The first-order valence-corrected chi connectivity index (χ1v) is 6.43. The van der Waals surface area contributed by atoms with E-state index in [4.69, 9.17) is 0 Å². The van der Waals surface area contributed by atoms with Crippen LogP contribution < -0.4 is 5.32 Å². The van der Waals surface area contributed by atoms with E-state index in [-0.39, 0.29) is 5.82 Å². The summed E-state index contributed by atoms with van der Waals surface area (Å²) < 4.78 is 12.9. The fourth-order valence-electron chi connectivity index (χ4n) is 1.85. The van der Waals surface area contributed by atoms with E-state index in [1.807, 2.05) is 6.07 Å². The lowest BCUT2D eigenvalue weighted by Gasteiger charge is -2.17. The van der Waals surface area contributed by atoms with Crippen LogP contribution in [-0.2, 0) is 6.54 Å². The molecule has 0 atom stereocenters. The van der Waals surface area contributed by atoms with Crippen LogP contribution in [0.25, 0.3) is 0 Å². The zero-order valence-electron chi connectivity index (χ0n) is 10.9. The van der Waals surface area contributed by atoms with Gasteiger partial charge in [0.05, 0.1) is 0 Å². The van der Waals surface area contributed by atoms with Gasteiger partial charge in [-0.2, -0.15) is 0 Å². The molecule has 0 heterocycles. The zero-order chi connectivity index (χ0) is 12.5. The van der Waals surface area contributed by atoms with Crippen molar-refractivity contribution in [3.05, 3.63) is 35.6 Å². The lowest BCUT2D eigenvalue weighted by atomic mass is 10.2. The lowest BCUT2D eigenvalue weighted by molar-refractivity contribution is 0.298. The summed E-state index contributed by atoms with van der Waals surface area (Å²) in [6.45, 7) is 9.44. The number of halogens is 1. The minimum absolute atomic E-state index is 0.160. The molecular formula is C14H23FN2. The van der Waals surface area contributed by atoms with Gasteiger partial charge in [-0.15, -0.1) is 0 Å². The van der Waals surface area contributed by atoms with Crippen molar-refractivity contribution in [2.75, 3.05) is 26.2 Å². The van der Waals surface area contributed by atoms with Crippen LogP contribution in [0.2, 0.25) is 0 Å². The van der Waals surface area contributed by atoms with Crippen molar-refractivity contribution in [1.29, 1.82) is 0 Å². The second-order valence-corrected chi connectivity index (χ2v) is 4.19. The fraction of sp³-hybridized carbons (Fsp3) is 0.571. The highest BCUT2D eigenvalue weighted by Gasteiger charge is 1.98. The molecule has 0 saturated heterocycles. The lowest BCUT2D eigenvalue weighted by Crippen LogP contribution is -2.27. The molecule has 0 bridgehead atoms. The van der Waals surface area contributed by atoms with Crippen LogP contribution in [0.4, 0.5) is 4.39 Å². The second-order valence-electron chi connectivity index (χ2n) is 4.19. The van der Waals surface area contributed by atoms with Crippen LogP contribution in [0.1, 0.15) is 25.8 Å². The third kappa shape index (κ3) is 5.80. The quantitative estimate of drug-likeness (QED) is 0.700. The molecule has 0 aromatic heterocycles. The first-order chi connectivity index (χ1) is 8.26. The molecule has 1 N–H and O–H groups in total. The summed E-state index contributed by atoms with van der Waals surface area (Å²) in [4.78, 5) is 2.41. The van der Waals surface area contributed by atoms with Crippen molar-refractivity contribution in [2.24, 2.45) is 0 Å². The molecule has 1 aromatic carbocycles. The SMILES string of the molecule is CCN(CC)CCCNCc1cccc(F)c1. The third-order valence-corrected chi connectivity index (χ3v) is 2.94. The van der Waals surface area contributed by atoms with Crippen molar-refractivity contribution in [1.82, 2.24) is 10.2 Å². The number of hydrogen-bond acceptors (Lipinski definition) is 2. The summed E-state index contributed by atoms with van der Waals surface area (Å²) in [5.74, 6) is -0.160. The van der Waals surface area contributed by atoms with Gasteiger partial charge < -0.3 is 10.2 Å². The Morgan fingerprint density at radius 2 is 2.00 bits per heavy atom. The number of benzene rings is 1. The summed E-state index contributed by atoms with van der Waals surface area (Å²) in [7, 11) is 0. The van der Waals surface area contributed by atoms with Crippen LogP contribution in [0, 0.1) is 5.82 Å². The molecular weight excluding hydrogens is 215 g/mol. The van der Waals surface area contributed by atoms with Gasteiger partial charge in [-0.3, -0.25) is 0 Å². The first-order valence-electron chi connectivity index (χ1n) is 6.43. The second kappa shape index (κ2) is 8.20. The van der Waals surface area contributed by atoms with Gasteiger partial charge in [0.1, 0.15) is 5.82 Å². The van der Waals surface area contributed by atoms with E-state index in [1.165, 1.54) is 6.07 Å². The van der Waals surface area contributed by atoms with E-state index >= 15 is 0 Å². The van der Waals surface area contributed by atoms with Gasteiger partial charge in [0.15, 0.2) is 0 Å². The molecule has 0 saturated carbocycles. The van der Waals surface area contributed by atoms with Crippen LogP contribution in [0.5, 0.6) is 0 Å². The third-order valence-electron chi connectivity index (χ3n) is 2.94. The number of nitrogens with zero attached hydrogens (tertiary/aromatic N) is 1. The Hall–Kier alpha value is -0.930. The molecule has 2 nitrogen and oxygen atoms in total. The van der Waals surface area contributed by atoms with E-state index in [9.17, 15) is 4.39 Å². The monoisotopic (exact) mass is 238 g/mol. The van der Waals surface area contributed by atoms with Crippen molar-refractivity contribution in [3.8, 4) is 0 Å². The summed E-state index contributed by atoms with van der Waals surface area (Å²) in [5, 5.41) is 3.34. The largest absolute Gasteiger partial charge is 0.313 e. The summed E-state index contributed by atoms with van der Waals surface area (Å²) in [5.41, 5.74) is 1.01. The average Bonchev–Trinajstić information content (AvgIpc) is 2.34. The van der Waals surface area contributed by atoms with Gasteiger partial charge >= 0.3 is 0 Å². The normalized spacial score (nSPS) is 11.1. The van der Waals surface area contributed by atoms with Crippen molar-refractivity contribution >= 4 is 0 Å². The van der Waals surface area contributed by atoms with Crippen LogP contribution >= 0.6 is 0 Å². The molecule has 96 valence electrons. The van der Waals surface area contributed by atoms with E-state index in [0.717, 1.165) is 44.7 Å². The Morgan fingerprint density at radius 3 is 2.65 bits per heavy atom. The topological polar surface area (TPSA) is 15.3 Å². The smallest absolute Gasteiger partial charge is 0.123 e. The van der Waals surface area contributed by atoms with Gasteiger partial charge in [-0.25, -0.2) is 4.39 Å². The molecule has 0 unspecified atom stereocenters. The number of nitrogens with one attached hydrogen (secondary N) is 1. The van der Waals surface area contributed by atoms with E-state index < -0.39 is 0 Å². The molecule has 1 aromatic rings. The number of rotatable bonds is 8. The molecule has 0 aliphatic heterocycles. The average molecular weight is 238 g/mol. The molecule has 0 aliphatic rings. The predicted octanol–water partition coefficient (Wildman–Crippen LogP) is 2.65. The minimum atomic E-state index is -0.160. The number of hydrogen-bond donors (Lipinski definition) is 1. The molecule has 0 fully saturated rings. The van der Waals surface area contributed by atoms with Crippen LogP contribution in [0.15, 0.2) is 24.3 Å². The molecule has 3 heteroatoms. The van der Waals surface area contributed by atoms with Crippen molar-refractivity contribution in [3.63, 3.8) is 0 Å². The Balaban J connectivity index is 2.12. The molecule has 0 amide bonds. The predicted molar refractivity (Wildman–Crippen MR) is 70.5 cm³/mol. The van der Waals surface area contributed by atoms with Gasteiger partial charge in [0.2, 0.25) is 0 Å². The minimum Gasteiger partial charge on any atom is -0.313 e. The maximum absolute atomic E-state index is 12.9. The van der Waals surface area contributed by atoms with Crippen molar-refractivity contribution < 1.29 is 4.39 Å². The molecule has 0 radical (unpaired) electrons. The molecule has 17 heavy (non-hydrogen) atoms. The summed E-state index contributed by atoms with van der Waals surface area (Å²) >= 11 is 0. The first kappa shape index (κ1) is 14.1. The van der Waals surface area contributed by atoms with Gasteiger partial charge in [0.25, 0.3) is 0 Å². The highest BCUT2D eigenvalue weighted by molar-refractivity contribution is 5.15. The molecule has 0 spiro atoms. The Bertz CT molecular complexity index is 311. The Morgan fingerprint density at radius 1 is 1.24 bits per heavy atom. The highest BCUT2D eigenvalue weighted by atomic mass is 19.1. The van der Waals surface area contributed by atoms with Gasteiger partial charge in [-0.05, 0) is 50.3 Å². The highest BCUT2D eigenvalue weighted by Crippen LogP contribution is 2.02. The van der Waals surface area contributed by atoms with E-state index in [2.05, 4.69) is 24.1 Å². The summed E-state index contributed by atoms with van der Waals surface area (Å²) in [6, 6.07) is 6.75.